The molecule has 1 heterocycles. The molecule has 78 valence electrons. The van der Waals surface area contributed by atoms with Gasteiger partial charge in [0.2, 0.25) is 0 Å². The third-order valence-corrected chi connectivity index (χ3v) is 2.38. The maximum Gasteiger partial charge on any atom is 0.0891 e. The molecule has 0 amide bonds. The summed E-state index contributed by atoms with van der Waals surface area (Å²) in [6.07, 6.45) is 1.77. The van der Waals surface area contributed by atoms with E-state index in [9.17, 15) is 0 Å². The molecule has 0 radical (unpaired) electrons. The molecule has 0 atom stereocenters. The fraction of sp³-hybridized carbons (Fsp3) is 0.333. The second kappa shape index (κ2) is 3.85. The number of nitrogens with zero attached hydrogens (tertiary/aromatic N) is 3. The SMILES string of the molecule is Cc1cnn(-c2ccccc2C(C)C)n1. The van der Waals surface area contributed by atoms with E-state index >= 15 is 0 Å². The van der Waals surface area contributed by atoms with Crippen LogP contribution in [0, 0.1) is 6.92 Å². The number of para-hydroxylation sites is 1. The highest BCUT2D eigenvalue weighted by Gasteiger charge is 2.08. The monoisotopic (exact) mass is 201 g/mol. The van der Waals surface area contributed by atoms with Crippen molar-refractivity contribution in [1.29, 1.82) is 0 Å². The molecule has 0 unspecified atom stereocenters. The van der Waals surface area contributed by atoms with Crippen molar-refractivity contribution in [3.63, 3.8) is 0 Å². The van der Waals surface area contributed by atoms with Crippen LogP contribution >= 0.6 is 0 Å². The van der Waals surface area contributed by atoms with Gasteiger partial charge in [0.1, 0.15) is 0 Å². The lowest BCUT2D eigenvalue weighted by Crippen LogP contribution is -2.04. The lowest BCUT2D eigenvalue weighted by Gasteiger charge is -2.10. The topological polar surface area (TPSA) is 30.7 Å². The van der Waals surface area contributed by atoms with Gasteiger partial charge in [0.05, 0.1) is 17.6 Å². The van der Waals surface area contributed by atoms with E-state index in [1.54, 1.807) is 11.0 Å². The van der Waals surface area contributed by atoms with Gasteiger partial charge in [-0.15, -0.1) is 0 Å². The normalized spacial score (nSPS) is 10.9. The summed E-state index contributed by atoms with van der Waals surface area (Å²) in [5.41, 5.74) is 3.28. The minimum Gasteiger partial charge on any atom is -0.157 e. The Hall–Kier alpha value is -1.64. The molecule has 3 heteroatoms. The fourth-order valence-electron chi connectivity index (χ4n) is 1.61. The quantitative estimate of drug-likeness (QED) is 0.748. The minimum absolute atomic E-state index is 0.479. The molecule has 0 fully saturated rings. The molecule has 3 nitrogen and oxygen atoms in total. The molecule has 0 spiro atoms. The summed E-state index contributed by atoms with van der Waals surface area (Å²) in [5, 5.41) is 8.56. The highest BCUT2D eigenvalue weighted by atomic mass is 15.5. The van der Waals surface area contributed by atoms with Gasteiger partial charge in [-0.05, 0) is 24.5 Å². The molecule has 2 rings (SSSR count). The van der Waals surface area contributed by atoms with Crippen LogP contribution in [0.1, 0.15) is 31.0 Å². The van der Waals surface area contributed by atoms with Gasteiger partial charge in [-0.25, -0.2) is 0 Å². The summed E-state index contributed by atoms with van der Waals surface area (Å²) in [7, 11) is 0. The zero-order chi connectivity index (χ0) is 10.8. The van der Waals surface area contributed by atoms with Gasteiger partial charge >= 0.3 is 0 Å². The lowest BCUT2D eigenvalue weighted by atomic mass is 10.0. The van der Waals surface area contributed by atoms with E-state index in [4.69, 9.17) is 0 Å². The number of rotatable bonds is 2. The molecule has 1 aromatic carbocycles. The fourth-order valence-corrected chi connectivity index (χ4v) is 1.61. The number of aromatic nitrogens is 3. The van der Waals surface area contributed by atoms with Crippen molar-refractivity contribution in [3.8, 4) is 5.69 Å². The second-order valence-electron chi connectivity index (χ2n) is 3.99. The predicted molar refractivity (Wildman–Crippen MR) is 60.2 cm³/mol. The Bertz CT molecular complexity index is 457. The Balaban J connectivity index is 2.52. The first-order valence-electron chi connectivity index (χ1n) is 5.16. The van der Waals surface area contributed by atoms with Crippen molar-refractivity contribution in [2.45, 2.75) is 26.7 Å². The first-order valence-corrected chi connectivity index (χ1v) is 5.16. The molecule has 0 aliphatic heterocycles. The summed E-state index contributed by atoms with van der Waals surface area (Å²) in [6.45, 7) is 6.30. The number of aryl methyl sites for hydroxylation is 1. The van der Waals surface area contributed by atoms with Crippen molar-refractivity contribution >= 4 is 0 Å². The Morgan fingerprint density at radius 1 is 1.20 bits per heavy atom. The van der Waals surface area contributed by atoms with Crippen LogP contribution in [-0.4, -0.2) is 15.0 Å². The average molecular weight is 201 g/mol. The van der Waals surface area contributed by atoms with Gasteiger partial charge in [0.25, 0.3) is 0 Å². The van der Waals surface area contributed by atoms with Crippen LogP contribution in [0.25, 0.3) is 5.69 Å². The summed E-state index contributed by atoms with van der Waals surface area (Å²) in [5.74, 6) is 0.479. The zero-order valence-electron chi connectivity index (χ0n) is 9.31. The standard InChI is InChI=1S/C12H15N3/c1-9(2)11-6-4-5-7-12(11)15-13-8-10(3)14-15/h4-9H,1-3H3. The van der Waals surface area contributed by atoms with Crippen LogP contribution in [0.15, 0.2) is 30.5 Å². The summed E-state index contributed by atoms with van der Waals surface area (Å²) in [6, 6.07) is 8.24. The predicted octanol–water partition coefficient (Wildman–Crippen LogP) is 2.70. The molecular formula is C12H15N3. The smallest absolute Gasteiger partial charge is 0.0891 e. The van der Waals surface area contributed by atoms with Gasteiger partial charge in [0, 0.05) is 0 Å². The molecule has 15 heavy (non-hydrogen) atoms. The highest BCUT2D eigenvalue weighted by molar-refractivity contribution is 5.41. The largest absolute Gasteiger partial charge is 0.157 e. The van der Waals surface area contributed by atoms with Crippen LogP contribution in [-0.2, 0) is 0 Å². The maximum absolute atomic E-state index is 4.33. The Morgan fingerprint density at radius 2 is 1.93 bits per heavy atom. The average Bonchev–Trinajstić information content (AvgIpc) is 2.65. The third kappa shape index (κ3) is 1.91. The summed E-state index contributed by atoms with van der Waals surface area (Å²) < 4.78 is 0. The first kappa shape index (κ1) is 9.90. The van der Waals surface area contributed by atoms with Gasteiger partial charge in [-0.2, -0.15) is 15.0 Å². The Kier molecular flexibility index (Phi) is 2.54. The zero-order valence-corrected chi connectivity index (χ0v) is 9.31. The molecule has 0 aliphatic carbocycles. The van der Waals surface area contributed by atoms with Crippen LogP contribution in [0.2, 0.25) is 0 Å². The van der Waals surface area contributed by atoms with E-state index in [0.29, 0.717) is 5.92 Å². The van der Waals surface area contributed by atoms with Gasteiger partial charge < -0.3 is 0 Å². The highest BCUT2D eigenvalue weighted by Crippen LogP contribution is 2.21. The lowest BCUT2D eigenvalue weighted by molar-refractivity contribution is 0.722. The van der Waals surface area contributed by atoms with Gasteiger partial charge in [-0.1, -0.05) is 32.0 Å². The minimum atomic E-state index is 0.479. The molecule has 1 aromatic heterocycles. The van der Waals surface area contributed by atoms with Crippen LogP contribution in [0.5, 0.6) is 0 Å². The van der Waals surface area contributed by atoms with Crippen LogP contribution in [0.4, 0.5) is 0 Å². The van der Waals surface area contributed by atoms with E-state index in [1.807, 2.05) is 13.0 Å². The molecular weight excluding hydrogens is 186 g/mol. The molecule has 2 aromatic rings. The summed E-state index contributed by atoms with van der Waals surface area (Å²) >= 11 is 0. The van der Waals surface area contributed by atoms with E-state index < -0.39 is 0 Å². The van der Waals surface area contributed by atoms with Crippen molar-refractivity contribution in [2.75, 3.05) is 0 Å². The van der Waals surface area contributed by atoms with E-state index in [-0.39, 0.29) is 0 Å². The van der Waals surface area contributed by atoms with Crippen molar-refractivity contribution in [3.05, 3.63) is 41.7 Å². The van der Waals surface area contributed by atoms with E-state index in [2.05, 4.69) is 42.2 Å². The first-order chi connectivity index (χ1) is 7.18. The van der Waals surface area contributed by atoms with Crippen LogP contribution < -0.4 is 0 Å². The number of benzene rings is 1. The molecule has 0 saturated heterocycles. The van der Waals surface area contributed by atoms with Crippen molar-refractivity contribution in [1.82, 2.24) is 15.0 Å². The maximum atomic E-state index is 4.33. The molecule has 0 N–H and O–H groups in total. The van der Waals surface area contributed by atoms with E-state index in [1.165, 1.54) is 5.56 Å². The molecule has 0 bridgehead atoms. The number of hydrogen-bond donors (Lipinski definition) is 0. The molecule has 0 saturated carbocycles. The van der Waals surface area contributed by atoms with Gasteiger partial charge in [0.15, 0.2) is 0 Å². The Labute approximate surface area is 89.7 Å². The van der Waals surface area contributed by atoms with Crippen molar-refractivity contribution in [2.24, 2.45) is 0 Å². The van der Waals surface area contributed by atoms with Gasteiger partial charge in [-0.3, -0.25) is 0 Å². The number of hydrogen-bond acceptors (Lipinski definition) is 2. The van der Waals surface area contributed by atoms with Crippen molar-refractivity contribution < 1.29 is 0 Å². The molecule has 0 aliphatic rings. The van der Waals surface area contributed by atoms with E-state index in [0.717, 1.165) is 11.4 Å². The summed E-state index contributed by atoms with van der Waals surface area (Å²) in [4.78, 5) is 1.70. The third-order valence-electron chi connectivity index (χ3n) is 2.38. The second-order valence-corrected chi connectivity index (χ2v) is 3.99. The van der Waals surface area contributed by atoms with Crippen LogP contribution in [0.3, 0.4) is 0 Å². The Morgan fingerprint density at radius 3 is 2.53 bits per heavy atom.